The second-order valence-corrected chi connectivity index (χ2v) is 4.47. The maximum absolute atomic E-state index is 11.4. The number of amides is 1. The van der Waals surface area contributed by atoms with E-state index in [0.29, 0.717) is 18.7 Å². The largest absolute Gasteiger partial charge is 0.381 e. The molecule has 1 aliphatic rings. The van der Waals surface area contributed by atoms with Crippen LogP contribution in [0.4, 0.5) is 0 Å². The quantitative estimate of drug-likeness (QED) is 0.707. The van der Waals surface area contributed by atoms with Crippen molar-refractivity contribution in [1.82, 2.24) is 10.6 Å². The van der Waals surface area contributed by atoms with E-state index in [1.54, 1.807) is 7.11 Å². The molecule has 88 valence electrons. The van der Waals surface area contributed by atoms with Crippen molar-refractivity contribution in [3.05, 3.63) is 0 Å². The van der Waals surface area contributed by atoms with E-state index in [1.807, 2.05) is 13.8 Å². The molecule has 1 saturated carbocycles. The van der Waals surface area contributed by atoms with Gasteiger partial charge in [0.25, 0.3) is 0 Å². The van der Waals surface area contributed by atoms with Gasteiger partial charge in [-0.25, -0.2) is 0 Å². The van der Waals surface area contributed by atoms with E-state index in [1.165, 1.54) is 0 Å². The Morgan fingerprint density at radius 2 is 2.20 bits per heavy atom. The summed E-state index contributed by atoms with van der Waals surface area (Å²) in [6.45, 7) is 4.35. The molecule has 2 atom stereocenters. The van der Waals surface area contributed by atoms with Crippen molar-refractivity contribution in [1.29, 1.82) is 0 Å². The monoisotopic (exact) mass is 214 g/mol. The summed E-state index contributed by atoms with van der Waals surface area (Å²) in [4.78, 5) is 11.4. The Balaban J connectivity index is 2.13. The van der Waals surface area contributed by atoms with Gasteiger partial charge in [0.2, 0.25) is 5.91 Å². The lowest BCUT2D eigenvalue weighted by Crippen LogP contribution is -2.40. The number of methoxy groups -OCH3 is 1. The second-order valence-electron chi connectivity index (χ2n) is 4.47. The van der Waals surface area contributed by atoms with Gasteiger partial charge in [-0.15, -0.1) is 0 Å². The fourth-order valence-electron chi connectivity index (χ4n) is 1.95. The zero-order chi connectivity index (χ0) is 11.3. The first-order valence-corrected chi connectivity index (χ1v) is 5.67. The zero-order valence-corrected chi connectivity index (χ0v) is 9.88. The summed E-state index contributed by atoms with van der Waals surface area (Å²) in [5.74, 6) is 0.0749. The summed E-state index contributed by atoms with van der Waals surface area (Å²) in [5, 5.41) is 6.12. The number of carbonyl (C=O) groups excluding carboxylic acids is 1. The summed E-state index contributed by atoms with van der Waals surface area (Å²) in [6.07, 6.45) is 3.59. The number of carbonyl (C=O) groups is 1. The SMILES string of the molecule is COC1CCC(NCC(=O)NC(C)C)C1. The van der Waals surface area contributed by atoms with Crippen molar-refractivity contribution in [2.75, 3.05) is 13.7 Å². The van der Waals surface area contributed by atoms with E-state index in [4.69, 9.17) is 4.74 Å². The molecule has 2 N–H and O–H groups in total. The van der Waals surface area contributed by atoms with E-state index in [-0.39, 0.29) is 11.9 Å². The van der Waals surface area contributed by atoms with E-state index in [9.17, 15) is 4.79 Å². The first kappa shape index (κ1) is 12.5. The lowest BCUT2D eigenvalue weighted by atomic mass is 10.2. The predicted octanol–water partition coefficient (Wildman–Crippen LogP) is 0.668. The van der Waals surface area contributed by atoms with Gasteiger partial charge < -0.3 is 15.4 Å². The highest BCUT2D eigenvalue weighted by molar-refractivity contribution is 5.78. The van der Waals surface area contributed by atoms with Gasteiger partial charge in [0, 0.05) is 19.2 Å². The Hall–Kier alpha value is -0.610. The lowest BCUT2D eigenvalue weighted by Gasteiger charge is -2.13. The van der Waals surface area contributed by atoms with Crippen molar-refractivity contribution >= 4 is 5.91 Å². The van der Waals surface area contributed by atoms with E-state index >= 15 is 0 Å². The summed E-state index contributed by atoms with van der Waals surface area (Å²) >= 11 is 0. The molecule has 4 nitrogen and oxygen atoms in total. The third kappa shape index (κ3) is 4.62. The van der Waals surface area contributed by atoms with Gasteiger partial charge in [-0.3, -0.25) is 4.79 Å². The van der Waals surface area contributed by atoms with Gasteiger partial charge >= 0.3 is 0 Å². The molecular weight excluding hydrogens is 192 g/mol. The Bertz CT molecular complexity index is 207. The molecular formula is C11H22N2O2. The molecule has 1 rings (SSSR count). The molecule has 4 heteroatoms. The minimum absolute atomic E-state index is 0.0749. The number of hydrogen-bond donors (Lipinski definition) is 2. The number of nitrogens with one attached hydrogen (secondary N) is 2. The molecule has 15 heavy (non-hydrogen) atoms. The van der Waals surface area contributed by atoms with Crippen LogP contribution < -0.4 is 10.6 Å². The van der Waals surface area contributed by atoms with E-state index in [2.05, 4.69) is 10.6 Å². The molecule has 0 aromatic carbocycles. The Labute approximate surface area is 91.8 Å². The lowest BCUT2D eigenvalue weighted by molar-refractivity contribution is -0.120. The topological polar surface area (TPSA) is 50.4 Å². The third-order valence-electron chi connectivity index (χ3n) is 2.72. The Morgan fingerprint density at radius 3 is 2.73 bits per heavy atom. The minimum Gasteiger partial charge on any atom is -0.381 e. The van der Waals surface area contributed by atoms with Crippen molar-refractivity contribution in [2.45, 2.75) is 51.3 Å². The molecule has 1 amide bonds. The van der Waals surface area contributed by atoms with Crippen LogP contribution >= 0.6 is 0 Å². The molecule has 0 saturated heterocycles. The third-order valence-corrected chi connectivity index (χ3v) is 2.72. The van der Waals surface area contributed by atoms with Crippen LogP contribution in [0, 0.1) is 0 Å². The van der Waals surface area contributed by atoms with Crippen LogP contribution in [0.25, 0.3) is 0 Å². The summed E-state index contributed by atoms with van der Waals surface area (Å²) < 4.78 is 5.27. The number of hydrogen-bond acceptors (Lipinski definition) is 3. The highest BCUT2D eigenvalue weighted by Crippen LogP contribution is 2.20. The molecule has 1 fully saturated rings. The molecule has 0 aliphatic heterocycles. The fraction of sp³-hybridized carbons (Fsp3) is 0.909. The van der Waals surface area contributed by atoms with Gasteiger partial charge in [0.1, 0.15) is 0 Å². The first-order valence-electron chi connectivity index (χ1n) is 5.67. The molecule has 0 aromatic heterocycles. The van der Waals surface area contributed by atoms with Crippen molar-refractivity contribution < 1.29 is 9.53 Å². The molecule has 0 heterocycles. The van der Waals surface area contributed by atoms with Crippen LogP contribution in [0.15, 0.2) is 0 Å². The van der Waals surface area contributed by atoms with E-state index < -0.39 is 0 Å². The maximum Gasteiger partial charge on any atom is 0.234 e. The van der Waals surface area contributed by atoms with Crippen molar-refractivity contribution in [3.63, 3.8) is 0 Å². The van der Waals surface area contributed by atoms with Crippen LogP contribution in [0.5, 0.6) is 0 Å². The van der Waals surface area contributed by atoms with Gasteiger partial charge in [-0.05, 0) is 33.1 Å². The molecule has 0 bridgehead atoms. The van der Waals surface area contributed by atoms with Crippen LogP contribution in [-0.4, -0.2) is 37.7 Å². The number of ether oxygens (including phenoxy) is 1. The Morgan fingerprint density at radius 1 is 1.47 bits per heavy atom. The highest BCUT2D eigenvalue weighted by Gasteiger charge is 2.24. The van der Waals surface area contributed by atoms with Crippen molar-refractivity contribution in [3.8, 4) is 0 Å². The molecule has 0 aromatic rings. The zero-order valence-electron chi connectivity index (χ0n) is 9.88. The van der Waals surface area contributed by atoms with Gasteiger partial charge in [0.15, 0.2) is 0 Å². The average Bonchev–Trinajstić information content (AvgIpc) is 2.61. The highest BCUT2D eigenvalue weighted by atomic mass is 16.5. The molecule has 1 aliphatic carbocycles. The second kappa shape index (κ2) is 6.08. The minimum atomic E-state index is 0.0749. The van der Waals surface area contributed by atoms with E-state index in [0.717, 1.165) is 19.3 Å². The first-order chi connectivity index (χ1) is 7.11. The Kier molecular flexibility index (Phi) is 5.05. The maximum atomic E-state index is 11.4. The number of rotatable bonds is 5. The smallest absolute Gasteiger partial charge is 0.234 e. The van der Waals surface area contributed by atoms with Crippen molar-refractivity contribution in [2.24, 2.45) is 0 Å². The standard InChI is InChI=1S/C11H22N2O2/c1-8(2)13-11(14)7-12-9-4-5-10(6-9)15-3/h8-10,12H,4-7H2,1-3H3,(H,13,14). The van der Waals surface area contributed by atoms with Crippen LogP contribution in [0.2, 0.25) is 0 Å². The fourth-order valence-corrected chi connectivity index (χ4v) is 1.95. The van der Waals surface area contributed by atoms with Crippen LogP contribution in [0.3, 0.4) is 0 Å². The normalized spacial score (nSPS) is 25.9. The molecule has 0 spiro atoms. The predicted molar refractivity (Wildman–Crippen MR) is 59.7 cm³/mol. The van der Waals surface area contributed by atoms with Crippen LogP contribution in [0.1, 0.15) is 33.1 Å². The average molecular weight is 214 g/mol. The van der Waals surface area contributed by atoms with Gasteiger partial charge in [-0.2, -0.15) is 0 Å². The summed E-state index contributed by atoms with van der Waals surface area (Å²) in [6, 6.07) is 0.655. The summed E-state index contributed by atoms with van der Waals surface area (Å²) in [7, 11) is 1.75. The van der Waals surface area contributed by atoms with Gasteiger partial charge in [-0.1, -0.05) is 0 Å². The van der Waals surface area contributed by atoms with Gasteiger partial charge in [0.05, 0.1) is 12.6 Å². The van der Waals surface area contributed by atoms with Crippen LogP contribution in [-0.2, 0) is 9.53 Å². The summed E-state index contributed by atoms with van der Waals surface area (Å²) in [5.41, 5.74) is 0. The molecule has 0 radical (unpaired) electrons. The molecule has 2 unspecified atom stereocenters.